The number of nitrogens with two attached hydrogens (primary N) is 1. The largest absolute Gasteiger partial charge is 0.351 e. The Balaban J connectivity index is 3.96. The highest BCUT2D eigenvalue weighted by Crippen LogP contribution is 2.09. The van der Waals surface area contributed by atoms with Gasteiger partial charge in [0.25, 0.3) is 0 Å². The second-order valence-corrected chi connectivity index (χ2v) is 3.19. The zero-order valence-corrected chi connectivity index (χ0v) is 9.58. The Morgan fingerprint density at radius 1 is 1.14 bits per heavy atom. The number of nitrogens with one attached hydrogen (secondary N) is 1. The van der Waals surface area contributed by atoms with Crippen LogP contribution in [0.3, 0.4) is 0 Å². The summed E-state index contributed by atoms with van der Waals surface area (Å²) >= 11 is 0. The van der Waals surface area contributed by atoms with Gasteiger partial charge in [0.05, 0.1) is 6.04 Å². The van der Waals surface area contributed by atoms with Crippen molar-refractivity contribution in [2.45, 2.75) is 52.4 Å². The van der Waals surface area contributed by atoms with Crippen molar-refractivity contribution in [1.29, 1.82) is 0 Å². The van der Waals surface area contributed by atoms with E-state index in [2.05, 4.69) is 12.3 Å². The van der Waals surface area contributed by atoms with Crippen molar-refractivity contribution in [3.05, 3.63) is 0 Å². The van der Waals surface area contributed by atoms with E-state index >= 15 is 0 Å². The second kappa shape index (κ2) is 9.40. The molecule has 86 valence electrons. The first-order chi connectivity index (χ1) is 6.79. The van der Waals surface area contributed by atoms with Crippen LogP contribution in [0.5, 0.6) is 0 Å². The summed E-state index contributed by atoms with van der Waals surface area (Å²) in [6.45, 7) is 7.37. The molecule has 1 atom stereocenters. The Labute approximate surface area is 87.1 Å². The van der Waals surface area contributed by atoms with Crippen molar-refractivity contribution in [3.63, 3.8) is 0 Å². The quantitative estimate of drug-likeness (QED) is 0.339. The first-order valence-electron chi connectivity index (χ1n) is 5.49. The maximum absolute atomic E-state index is 5.47. The molecule has 0 radical (unpaired) electrons. The summed E-state index contributed by atoms with van der Waals surface area (Å²) in [5.41, 5.74) is 2.76. The highest BCUT2D eigenvalue weighted by atomic mass is 16.7. The molecular formula is C10H24N2O2. The topological polar surface area (TPSA) is 56.5 Å². The molecule has 4 heteroatoms. The summed E-state index contributed by atoms with van der Waals surface area (Å²) in [4.78, 5) is 0. The number of rotatable bonds is 9. The SMILES string of the molecule is CCCCC(NN)C(OCC)OCC. The average Bonchev–Trinajstić information content (AvgIpc) is 2.19. The molecule has 0 heterocycles. The normalized spacial score (nSPS) is 13.5. The van der Waals surface area contributed by atoms with Crippen LogP contribution in [0.25, 0.3) is 0 Å². The van der Waals surface area contributed by atoms with Gasteiger partial charge in [-0.1, -0.05) is 19.8 Å². The molecule has 1 unspecified atom stereocenters. The van der Waals surface area contributed by atoms with E-state index in [1.165, 1.54) is 0 Å². The summed E-state index contributed by atoms with van der Waals surface area (Å²) < 4.78 is 10.9. The van der Waals surface area contributed by atoms with Gasteiger partial charge in [-0.05, 0) is 20.3 Å². The van der Waals surface area contributed by atoms with Crippen LogP contribution in [0.15, 0.2) is 0 Å². The molecular weight excluding hydrogens is 180 g/mol. The summed E-state index contributed by atoms with van der Waals surface area (Å²) in [6.07, 6.45) is 3.05. The van der Waals surface area contributed by atoms with Crippen LogP contribution >= 0.6 is 0 Å². The molecule has 3 N–H and O–H groups in total. The number of unbranched alkanes of at least 4 members (excludes halogenated alkanes) is 1. The van der Waals surface area contributed by atoms with E-state index in [4.69, 9.17) is 15.3 Å². The average molecular weight is 204 g/mol. The predicted molar refractivity (Wildman–Crippen MR) is 57.7 cm³/mol. The number of hydrazine groups is 1. The number of ether oxygens (including phenoxy) is 2. The first-order valence-corrected chi connectivity index (χ1v) is 5.49. The minimum Gasteiger partial charge on any atom is -0.351 e. The summed E-state index contributed by atoms with van der Waals surface area (Å²) in [7, 11) is 0. The van der Waals surface area contributed by atoms with Crippen molar-refractivity contribution < 1.29 is 9.47 Å². The first kappa shape index (κ1) is 13.8. The lowest BCUT2D eigenvalue weighted by Gasteiger charge is -2.25. The Hall–Kier alpha value is -0.160. The van der Waals surface area contributed by atoms with Crippen LogP contribution in [0.1, 0.15) is 40.0 Å². The highest BCUT2D eigenvalue weighted by Gasteiger charge is 2.20. The van der Waals surface area contributed by atoms with Crippen LogP contribution in [0.2, 0.25) is 0 Å². The summed E-state index contributed by atoms with van der Waals surface area (Å²) in [5, 5.41) is 0. The molecule has 0 aliphatic rings. The predicted octanol–water partition coefficient (Wildman–Crippen LogP) is 1.41. The third-order valence-corrected chi connectivity index (χ3v) is 2.07. The number of hydrogen-bond donors (Lipinski definition) is 2. The second-order valence-electron chi connectivity index (χ2n) is 3.19. The van der Waals surface area contributed by atoms with E-state index in [9.17, 15) is 0 Å². The molecule has 0 saturated carbocycles. The standard InChI is InChI=1S/C10H24N2O2/c1-4-7-8-9(12-11)10(13-5-2)14-6-3/h9-10,12H,4-8,11H2,1-3H3. The van der Waals surface area contributed by atoms with Gasteiger partial charge in [0.1, 0.15) is 0 Å². The molecule has 0 aromatic carbocycles. The molecule has 0 spiro atoms. The molecule has 0 aliphatic carbocycles. The molecule has 0 aliphatic heterocycles. The fourth-order valence-corrected chi connectivity index (χ4v) is 1.33. The van der Waals surface area contributed by atoms with Crippen LogP contribution in [0.4, 0.5) is 0 Å². The van der Waals surface area contributed by atoms with Crippen molar-refractivity contribution >= 4 is 0 Å². The van der Waals surface area contributed by atoms with Gasteiger partial charge in [0, 0.05) is 13.2 Å². The van der Waals surface area contributed by atoms with Crippen LogP contribution < -0.4 is 11.3 Å². The molecule has 0 bridgehead atoms. The fraction of sp³-hybridized carbons (Fsp3) is 1.00. The maximum atomic E-state index is 5.47. The smallest absolute Gasteiger partial charge is 0.173 e. The van der Waals surface area contributed by atoms with Gasteiger partial charge in [0.15, 0.2) is 6.29 Å². The van der Waals surface area contributed by atoms with Crippen LogP contribution in [-0.4, -0.2) is 25.5 Å². The van der Waals surface area contributed by atoms with Gasteiger partial charge < -0.3 is 9.47 Å². The van der Waals surface area contributed by atoms with E-state index < -0.39 is 0 Å². The fourth-order valence-electron chi connectivity index (χ4n) is 1.33. The molecule has 0 amide bonds. The lowest BCUT2D eigenvalue weighted by atomic mass is 10.1. The molecule has 0 aromatic rings. The van der Waals surface area contributed by atoms with E-state index in [0.29, 0.717) is 13.2 Å². The Bertz CT molecular complexity index is 117. The molecule has 0 fully saturated rings. The molecule has 0 saturated heterocycles. The Morgan fingerprint density at radius 3 is 2.07 bits per heavy atom. The molecule has 14 heavy (non-hydrogen) atoms. The Morgan fingerprint density at radius 2 is 1.71 bits per heavy atom. The van der Waals surface area contributed by atoms with Crippen LogP contribution in [-0.2, 0) is 9.47 Å². The monoisotopic (exact) mass is 204 g/mol. The molecule has 0 rings (SSSR count). The van der Waals surface area contributed by atoms with Crippen molar-refractivity contribution in [3.8, 4) is 0 Å². The number of hydrogen-bond acceptors (Lipinski definition) is 4. The van der Waals surface area contributed by atoms with Gasteiger partial charge >= 0.3 is 0 Å². The van der Waals surface area contributed by atoms with E-state index in [1.807, 2.05) is 13.8 Å². The van der Waals surface area contributed by atoms with E-state index in [1.54, 1.807) is 0 Å². The van der Waals surface area contributed by atoms with Gasteiger partial charge in [-0.25, -0.2) is 0 Å². The van der Waals surface area contributed by atoms with Crippen molar-refractivity contribution in [1.82, 2.24) is 5.43 Å². The maximum Gasteiger partial charge on any atom is 0.173 e. The Kier molecular flexibility index (Phi) is 9.29. The molecule has 0 aromatic heterocycles. The third kappa shape index (κ3) is 5.54. The van der Waals surface area contributed by atoms with Gasteiger partial charge in [-0.2, -0.15) is 0 Å². The zero-order chi connectivity index (χ0) is 10.8. The van der Waals surface area contributed by atoms with Crippen molar-refractivity contribution in [2.24, 2.45) is 5.84 Å². The van der Waals surface area contributed by atoms with E-state index in [0.717, 1.165) is 19.3 Å². The third-order valence-electron chi connectivity index (χ3n) is 2.07. The molecule has 4 nitrogen and oxygen atoms in total. The zero-order valence-electron chi connectivity index (χ0n) is 9.58. The summed E-state index contributed by atoms with van der Waals surface area (Å²) in [5.74, 6) is 5.46. The van der Waals surface area contributed by atoms with Crippen molar-refractivity contribution in [2.75, 3.05) is 13.2 Å². The van der Waals surface area contributed by atoms with Gasteiger partial charge in [0.2, 0.25) is 0 Å². The van der Waals surface area contributed by atoms with Gasteiger partial charge in [-0.3, -0.25) is 11.3 Å². The lowest BCUT2D eigenvalue weighted by molar-refractivity contribution is -0.155. The van der Waals surface area contributed by atoms with Crippen LogP contribution in [0, 0.1) is 0 Å². The minimum absolute atomic E-state index is 0.0925. The van der Waals surface area contributed by atoms with Gasteiger partial charge in [-0.15, -0.1) is 0 Å². The summed E-state index contributed by atoms with van der Waals surface area (Å²) in [6, 6.07) is 0.0925. The van der Waals surface area contributed by atoms with E-state index in [-0.39, 0.29) is 12.3 Å². The lowest BCUT2D eigenvalue weighted by Crippen LogP contribution is -2.46. The highest BCUT2D eigenvalue weighted by molar-refractivity contribution is 4.67. The minimum atomic E-state index is -0.221.